The summed E-state index contributed by atoms with van der Waals surface area (Å²) in [5.74, 6) is -1.11. The molecule has 0 aliphatic carbocycles. The molecule has 1 aliphatic rings. The fraction of sp³-hybridized carbons (Fsp3) is 0.391. The summed E-state index contributed by atoms with van der Waals surface area (Å²) in [7, 11) is -2.26. The summed E-state index contributed by atoms with van der Waals surface area (Å²) >= 11 is 0. The van der Waals surface area contributed by atoms with E-state index in [0.29, 0.717) is 19.0 Å². The second-order valence-electron chi connectivity index (χ2n) is 8.57. The Morgan fingerprint density at radius 3 is 2.42 bits per heavy atom. The number of rotatable bonds is 9. The molecule has 13 heteroatoms. The standard InChI is InChI=1S/C23H26F2N8O2S/c1-31-15-21(30-16-31)36(34,35)33(10-7-27-22-19(24)11-18(13-26)12-20(22)25)14-17-3-8-32(9-4-17)23-28-5-2-6-29-23/h2,5-6,11-12,15-17,27H,3-4,7-10,14H2,1H3. The van der Waals surface area contributed by atoms with Crippen LogP contribution in [0.4, 0.5) is 20.4 Å². The number of anilines is 2. The highest BCUT2D eigenvalue weighted by Gasteiger charge is 2.31. The number of benzene rings is 1. The van der Waals surface area contributed by atoms with Crippen molar-refractivity contribution in [3.63, 3.8) is 0 Å². The molecule has 0 spiro atoms. The van der Waals surface area contributed by atoms with Gasteiger partial charge in [-0.15, -0.1) is 0 Å². The lowest BCUT2D eigenvalue weighted by atomic mass is 9.97. The average molecular weight is 517 g/mol. The third-order valence-electron chi connectivity index (χ3n) is 6.03. The number of imidazole rings is 1. The first-order chi connectivity index (χ1) is 17.3. The fourth-order valence-corrected chi connectivity index (χ4v) is 5.62. The average Bonchev–Trinajstić information content (AvgIpc) is 3.33. The van der Waals surface area contributed by atoms with Gasteiger partial charge in [-0.25, -0.2) is 32.2 Å². The molecular weight excluding hydrogens is 490 g/mol. The van der Waals surface area contributed by atoms with Gasteiger partial charge in [-0.2, -0.15) is 9.57 Å². The fourth-order valence-electron chi connectivity index (χ4n) is 4.13. The molecule has 1 aromatic carbocycles. The van der Waals surface area contributed by atoms with E-state index in [2.05, 4.69) is 25.2 Å². The van der Waals surface area contributed by atoms with Crippen LogP contribution in [0, 0.1) is 28.9 Å². The third kappa shape index (κ3) is 5.77. The minimum Gasteiger partial charge on any atom is -0.379 e. The summed E-state index contributed by atoms with van der Waals surface area (Å²) in [6.45, 7) is 1.54. The second-order valence-corrected chi connectivity index (χ2v) is 10.5. The van der Waals surface area contributed by atoms with Crippen LogP contribution in [0.3, 0.4) is 0 Å². The van der Waals surface area contributed by atoms with Gasteiger partial charge in [-0.3, -0.25) is 0 Å². The van der Waals surface area contributed by atoms with Crippen molar-refractivity contribution in [3.05, 3.63) is 60.3 Å². The van der Waals surface area contributed by atoms with E-state index < -0.39 is 27.3 Å². The number of aromatic nitrogens is 4. The zero-order valence-electron chi connectivity index (χ0n) is 19.7. The SMILES string of the molecule is Cn1cnc(S(=O)(=O)N(CCNc2c(F)cc(C#N)cc2F)CC2CCN(c3ncccn3)CC2)c1. The van der Waals surface area contributed by atoms with Gasteiger partial charge in [0, 0.05) is 58.4 Å². The van der Waals surface area contributed by atoms with Crippen molar-refractivity contribution < 1.29 is 17.2 Å². The summed E-state index contributed by atoms with van der Waals surface area (Å²) in [6.07, 6.45) is 7.66. The van der Waals surface area contributed by atoms with Crippen LogP contribution in [-0.4, -0.2) is 65.0 Å². The van der Waals surface area contributed by atoms with E-state index >= 15 is 0 Å². The number of halogens is 2. The Hall–Kier alpha value is -3.63. The van der Waals surface area contributed by atoms with Gasteiger partial charge in [-0.1, -0.05) is 0 Å². The molecule has 0 amide bonds. The molecule has 1 aliphatic heterocycles. The van der Waals surface area contributed by atoms with Crippen molar-refractivity contribution in [1.82, 2.24) is 23.8 Å². The third-order valence-corrected chi connectivity index (χ3v) is 7.78. The molecule has 1 N–H and O–H groups in total. The number of nitrogens with one attached hydrogen (secondary N) is 1. The quantitative estimate of drug-likeness (QED) is 0.460. The maximum Gasteiger partial charge on any atom is 0.262 e. The maximum absolute atomic E-state index is 14.3. The van der Waals surface area contributed by atoms with E-state index in [1.807, 2.05) is 0 Å². The van der Waals surface area contributed by atoms with Gasteiger partial charge in [-0.05, 0) is 37.0 Å². The summed E-state index contributed by atoms with van der Waals surface area (Å²) in [5, 5.41) is 11.4. The van der Waals surface area contributed by atoms with Gasteiger partial charge in [0.05, 0.1) is 18.0 Å². The van der Waals surface area contributed by atoms with Crippen LogP contribution in [0.15, 0.2) is 48.1 Å². The second kappa shape index (κ2) is 11.0. The Kier molecular flexibility index (Phi) is 7.76. The Labute approximate surface area is 208 Å². The molecule has 0 saturated carbocycles. The van der Waals surface area contributed by atoms with E-state index in [1.165, 1.54) is 16.8 Å². The van der Waals surface area contributed by atoms with Gasteiger partial charge >= 0.3 is 0 Å². The molecule has 1 saturated heterocycles. The van der Waals surface area contributed by atoms with Crippen LogP contribution >= 0.6 is 0 Å². The minimum absolute atomic E-state index is 0.0280. The van der Waals surface area contributed by atoms with E-state index in [9.17, 15) is 17.2 Å². The molecule has 10 nitrogen and oxygen atoms in total. The number of nitrogens with zero attached hydrogens (tertiary/aromatic N) is 7. The topological polar surface area (TPSA) is 120 Å². The minimum atomic E-state index is -3.94. The number of hydrogen-bond donors (Lipinski definition) is 1. The Bertz CT molecular complexity index is 1310. The molecule has 0 radical (unpaired) electrons. The lowest BCUT2D eigenvalue weighted by Gasteiger charge is -2.34. The van der Waals surface area contributed by atoms with Crippen molar-refractivity contribution in [1.29, 1.82) is 5.26 Å². The monoisotopic (exact) mass is 516 g/mol. The summed E-state index contributed by atoms with van der Waals surface area (Å²) in [4.78, 5) is 14.6. The molecule has 3 heterocycles. The highest BCUT2D eigenvalue weighted by atomic mass is 32.2. The van der Waals surface area contributed by atoms with Gasteiger partial charge in [0.25, 0.3) is 10.0 Å². The zero-order valence-corrected chi connectivity index (χ0v) is 20.5. The number of sulfonamides is 1. The van der Waals surface area contributed by atoms with Crippen LogP contribution in [0.5, 0.6) is 0 Å². The predicted octanol–water partition coefficient (Wildman–Crippen LogP) is 2.38. The Balaban J connectivity index is 1.45. The normalized spacial score (nSPS) is 14.7. The molecular formula is C23H26F2N8O2S. The first-order valence-corrected chi connectivity index (χ1v) is 12.8. The van der Waals surface area contributed by atoms with Crippen LogP contribution in [0.25, 0.3) is 0 Å². The molecule has 36 heavy (non-hydrogen) atoms. The van der Waals surface area contributed by atoms with E-state index in [-0.39, 0.29) is 36.1 Å². The molecule has 4 rings (SSSR count). The van der Waals surface area contributed by atoms with Crippen LogP contribution in [0.1, 0.15) is 18.4 Å². The predicted molar refractivity (Wildman–Crippen MR) is 128 cm³/mol. The van der Waals surface area contributed by atoms with Crippen LogP contribution in [0.2, 0.25) is 0 Å². The summed E-state index contributed by atoms with van der Waals surface area (Å²) in [6, 6.07) is 5.30. The maximum atomic E-state index is 14.3. The highest BCUT2D eigenvalue weighted by Crippen LogP contribution is 2.25. The molecule has 0 unspecified atom stereocenters. The Morgan fingerprint density at radius 2 is 1.83 bits per heavy atom. The number of hydrogen-bond acceptors (Lipinski definition) is 8. The number of aryl methyl sites for hydroxylation is 1. The first kappa shape index (κ1) is 25.5. The summed E-state index contributed by atoms with van der Waals surface area (Å²) in [5.41, 5.74) is -0.539. The van der Waals surface area contributed by atoms with Gasteiger partial charge in [0.1, 0.15) is 5.69 Å². The number of nitriles is 1. The van der Waals surface area contributed by atoms with Crippen LogP contribution in [-0.2, 0) is 17.1 Å². The lowest BCUT2D eigenvalue weighted by Crippen LogP contribution is -2.43. The lowest BCUT2D eigenvalue weighted by molar-refractivity contribution is 0.304. The van der Waals surface area contributed by atoms with Crippen molar-refractivity contribution >= 4 is 21.7 Å². The highest BCUT2D eigenvalue weighted by molar-refractivity contribution is 7.89. The van der Waals surface area contributed by atoms with Crippen molar-refractivity contribution in [3.8, 4) is 6.07 Å². The van der Waals surface area contributed by atoms with E-state index in [1.54, 1.807) is 36.1 Å². The van der Waals surface area contributed by atoms with Gasteiger partial charge < -0.3 is 14.8 Å². The molecule has 1 fully saturated rings. The summed E-state index contributed by atoms with van der Waals surface area (Å²) < 4.78 is 58.1. The van der Waals surface area contributed by atoms with Crippen molar-refractivity contribution in [2.45, 2.75) is 17.9 Å². The van der Waals surface area contributed by atoms with E-state index in [0.717, 1.165) is 25.0 Å². The molecule has 2 aromatic heterocycles. The van der Waals surface area contributed by atoms with Crippen LogP contribution < -0.4 is 10.2 Å². The smallest absolute Gasteiger partial charge is 0.262 e. The number of piperidine rings is 1. The van der Waals surface area contributed by atoms with Gasteiger partial charge in [0.2, 0.25) is 5.95 Å². The largest absolute Gasteiger partial charge is 0.379 e. The Morgan fingerprint density at radius 1 is 1.17 bits per heavy atom. The molecule has 0 atom stereocenters. The van der Waals surface area contributed by atoms with Gasteiger partial charge in [0.15, 0.2) is 16.7 Å². The molecule has 190 valence electrons. The molecule has 3 aromatic rings. The molecule has 0 bridgehead atoms. The zero-order chi connectivity index (χ0) is 25.7. The first-order valence-electron chi connectivity index (χ1n) is 11.4. The van der Waals surface area contributed by atoms with E-state index in [4.69, 9.17) is 5.26 Å². The van der Waals surface area contributed by atoms with Crippen molar-refractivity contribution in [2.24, 2.45) is 13.0 Å². The van der Waals surface area contributed by atoms with Crippen molar-refractivity contribution in [2.75, 3.05) is 42.9 Å².